The summed E-state index contributed by atoms with van der Waals surface area (Å²) in [4.78, 5) is 34.9. The van der Waals surface area contributed by atoms with Gasteiger partial charge in [0.25, 0.3) is 5.91 Å². The van der Waals surface area contributed by atoms with Gasteiger partial charge in [0.1, 0.15) is 6.04 Å². The Bertz CT molecular complexity index is 481. The molecule has 0 saturated carbocycles. The summed E-state index contributed by atoms with van der Waals surface area (Å²) >= 11 is 1.07. The van der Waals surface area contributed by atoms with Gasteiger partial charge in [0.15, 0.2) is 5.78 Å². The maximum Gasteiger partial charge on any atom is 0.326 e. The second kappa shape index (κ2) is 7.04. The number of unbranched alkanes of at least 4 members (excludes halogenated alkanes) is 1. The number of ketones is 1. The van der Waals surface area contributed by atoms with Gasteiger partial charge in [-0.3, -0.25) is 9.59 Å². The fourth-order valence-corrected chi connectivity index (χ4v) is 2.35. The maximum absolute atomic E-state index is 11.9. The van der Waals surface area contributed by atoms with Crippen LogP contribution >= 0.6 is 11.3 Å². The molecule has 1 aromatic heterocycles. The number of rotatable bonds is 7. The van der Waals surface area contributed by atoms with Crippen molar-refractivity contribution < 1.29 is 19.5 Å². The van der Waals surface area contributed by atoms with E-state index in [4.69, 9.17) is 5.11 Å². The highest BCUT2D eigenvalue weighted by Gasteiger charge is 2.21. The predicted molar refractivity (Wildman–Crippen MR) is 72.7 cm³/mol. The van der Waals surface area contributed by atoms with E-state index in [0.717, 1.165) is 24.2 Å². The van der Waals surface area contributed by atoms with Crippen molar-refractivity contribution in [3.05, 3.63) is 21.9 Å². The van der Waals surface area contributed by atoms with Crippen LogP contribution in [0.3, 0.4) is 0 Å². The lowest BCUT2D eigenvalue weighted by Crippen LogP contribution is -2.40. The summed E-state index contributed by atoms with van der Waals surface area (Å²) in [5, 5.41) is 11.5. The van der Waals surface area contributed by atoms with E-state index in [1.807, 2.05) is 6.92 Å². The summed E-state index contributed by atoms with van der Waals surface area (Å²) in [6.07, 6.45) is 2.01. The fraction of sp³-hybridized carbons (Fsp3) is 0.462. The minimum absolute atomic E-state index is 0.107. The van der Waals surface area contributed by atoms with E-state index in [0.29, 0.717) is 16.2 Å². The number of hydrogen-bond acceptors (Lipinski definition) is 4. The van der Waals surface area contributed by atoms with Gasteiger partial charge in [-0.1, -0.05) is 19.8 Å². The van der Waals surface area contributed by atoms with Crippen LogP contribution in [0.5, 0.6) is 0 Å². The SMILES string of the molecule is CCCCC(NC(=O)c1ccc(C(C)=O)s1)C(=O)O. The smallest absolute Gasteiger partial charge is 0.326 e. The molecule has 1 atom stereocenters. The van der Waals surface area contributed by atoms with E-state index in [2.05, 4.69) is 5.32 Å². The first kappa shape index (κ1) is 15.4. The van der Waals surface area contributed by atoms with Gasteiger partial charge < -0.3 is 10.4 Å². The zero-order valence-corrected chi connectivity index (χ0v) is 11.8. The van der Waals surface area contributed by atoms with Crippen LogP contribution in [0.1, 0.15) is 52.5 Å². The van der Waals surface area contributed by atoms with Crippen LogP contribution in [0.15, 0.2) is 12.1 Å². The van der Waals surface area contributed by atoms with Crippen LogP contribution in [-0.2, 0) is 4.79 Å². The number of nitrogens with one attached hydrogen (secondary N) is 1. The molecule has 2 N–H and O–H groups in total. The maximum atomic E-state index is 11.9. The first-order valence-electron chi connectivity index (χ1n) is 6.10. The number of amides is 1. The van der Waals surface area contributed by atoms with Crippen molar-refractivity contribution in [2.75, 3.05) is 0 Å². The monoisotopic (exact) mass is 283 g/mol. The summed E-state index contributed by atoms with van der Waals surface area (Å²) in [7, 11) is 0. The van der Waals surface area contributed by atoms with E-state index in [1.54, 1.807) is 6.07 Å². The summed E-state index contributed by atoms with van der Waals surface area (Å²) in [5.74, 6) is -1.59. The third-order valence-corrected chi connectivity index (χ3v) is 3.81. The van der Waals surface area contributed by atoms with E-state index >= 15 is 0 Å². The van der Waals surface area contributed by atoms with Gasteiger partial charge in [-0.25, -0.2) is 4.79 Å². The van der Waals surface area contributed by atoms with Crippen LogP contribution in [0.4, 0.5) is 0 Å². The van der Waals surface area contributed by atoms with Crippen molar-refractivity contribution >= 4 is 29.0 Å². The zero-order chi connectivity index (χ0) is 14.4. The Kier molecular flexibility index (Phi) is 5.69. The molecular weight excluding hydrogens is 266 g/mol. The van der Waals surface area contributed by atoms with Crippen molar-refractivity contribution in [3.8, 4) is 0 Å². The lowest BCUT2D eigenvalue weighted by atomic mass is 10.1. The van der Waals surface area contributed by atoms with E-state index in [9.17, 15) is 14.4 Å². The van der Waals surface area contributed by atoms with E-state index < -0.39 is 17.9 Å². The van der Waals surface area contributed by atoms with Crippen molar-refractivity contribution in [2.24, 2.45) is 0 Å². The summed E-state index contributed by atoms with van der Waals surface area (Å²) in [6, 6.07) is 2.23. The van der Waals surface area contributed by atoms with Crippen LogP contribution in [0.25, 0.3) is 0 Å². The molecule has 1 unspecified atom stereocenters. The van der Waals surface area contributed by atoms with Gasteiger partial charge in [-0.15, -0.1) is 11.3 Å². The molecule has 104 valence electrons. The molecule has 0 aromatic carbocycles. The summed E-state index contributed by atoms with van der Waals surface area (Å²) < 4.78 is 0. The molecule has 0 fully saturated rings. The van der Waals surface area contributed by atoms with Crippen LogP contribution in [0.2, 0.25) is 0 Å². The highest BCUT2D eigenvalue weighted by molar-refractivity contribution is 7.15. The lowest BCUT2D eigenvalue weighted by Gasteiger charge is -2.13. The molecule has 0 radical (unpaired) electrons. The third-order valence-electron chi connectivity index (χ3n) is 2.63. The quantitative estimate of drug-likeness (QED) is 0.752. The number of carbonyl (C=O) groups excluding carboxylic acids is 2. The molecule has 1 heterocycles. The van der Waals surface area contributed by atoms with Gasteiger partial charge in [0.2, 0.25) is 0 Å². The molecule has 1 rings (SSSR count). The minimum atomic E-state index is -1.04. The minimum Gasteiger partial charge on any atom is -0.480 e. The first-order valence-corrected chi connectivity index (χ1v) is 6.91. The Hall–Kier alpha value is -1.69. The largest absolute Gasteiger partial charge is 0.480 e. The number of aliphatic carboxylic acids is 1. The normalized spacial score (nSPS) is 11.9. The molecule has 0 aliphatic heterocycles. The average molecular weight is 283 g/mol. The molecule has 1 aromatic rings. The van der Waals surface area contributed by atoms with Crippen molar-refractivity contribution in [2.45, 2.75) is 39.2 Å². The molecule has 0 saturated heterocycles. The predicted octanol–water partition coefficient (Wildman–Crippen LogP) is 2.32. The average Bonchev–Trinajstić information content (AvgIpc) is 2.83. The molecule has 1 amide bonds. The molecule has 0 aliphatic rings. The van der Waals surface area contributed by atoms with Crippen LogP contribution < -0.4 is 5.32 Å². The number of carboxylic acids is 1. The molecular formula is C13H17NO4S. The third kappa shape index (κ3) is 4.48. The summed E-state index contributed by atoms with van der Waals surface area (Å²) in [6.45, 7) is 3.38. The molecule has 0 aliphatic carbocycles. The number of hydrogen-bond donors (Lipinski definition) is 2. The number of Topliss-reactive ketones (excluding diaryl/α,β-unsaturated/α-hetero) is 1. The van der Waals surface area contributed by atoms with Gasteiger partial charge >= 0.3 is 5.97 Å². The number of carboxylic acid groups (broad SMARTS) is 1. The number of carbonyl (C=O) groups is 3. The molecule has 19 heavy (non-hydrogen) atoms. The van der Waals surface area contributed by atoms with Crippen molar-refractivity contribution in [1.29, 1.82) is 0 Å². The first-order chi connectivity index (χ1) is 8.95. The Balaban J connectivity index is 2.70. The van der Waals surface area contributed by atoms with Gasteiger partial charge in [-0.2, -0.15) is 0 Å². The topological polar surface area (TPSA) is 83.5 Å². The Morgan fingerprint density at radius 1 is 1.32 bits per heavy atom. The van der Waals surface area contributed by atoms with Gasteiger partial charge in [0, 0.05) is 0 Å². The molecule has 5 nitrogen and oxygen atoms in total. The van der Waals surface area contributed by atoms with Gasteiger partial charge in [0.05, 0.1) is 9.75 Å². The molecule has 0 spiro atoms. The molecule has 0 bridgehead atoms. The Morgan fingerprint density at radius 2 is 1.95 bits per heavy atom. The second-order valence-corrected chi connectivity index (χ2v) is 5.31. The summed E-state index contributed by atoms with van der Waals surface area (Å²) in [5.41, 5.74) is 0. The van der Waals surface area contributed by atoms with Crippen molar-refractivity contribution in [1.82, 2.24) is 5.32 Å². The second-order valence-electron chi connectivity index (χ2n) is 4.23. The Morgan fingerprint density at radius 3 is 2.42 bits per heavy atom. The highest BCUT2D eigenvalue weighted by Crippen LogP contribution is 2.17. The van der Waals surface area contributed by atoms with E-state index in [1.165, 1.54) is 13.0 Å². The van der Waals surface area contributed by atoms with Crippen LogP contribution in [0, 0.1) is 0 Å². The fourth-order valence-electron chi connectivity index (χ4n) is 1.54. The van der Waals surface area contributed by atoms with Crippen LogP contribution in [-0.4, -0.2) is 28.8 Å². The number of thiophene rings is 1. The highest BCUT2D eigenvalue weighted by atomic mass is 32.1. The van der Waals surface area contributed by atoms with Crippen molar-refractivity contribution in [3.63, 3.8) is 0 Å². The van der Waals surface area contributed by atoms with Gasteiger partial charge in [-0.05, 0) is 25.5 Å². The lowest BCUT2D eigenvalue weighted by molar-refractivity contribution is -0.139. The Labute approximate surface area is 115 Å². The molecule has 6 heteroatoms. The zero-order valence-electron chi connectivity index (χ0n) is 10.9. The standard InChI is InChI=1S/C13H17NO4S/c1-3-4-5-9(13(17)18)14-12(16)11-7-6-10(19-11)8(2)15/h6-7,9H,3-5H2,1-2H3,(H,14,16)(H,17,18). The van der Waals surface area contributed by atoms with E-state index in [-0.39, 0.29) is 5.78 Å².